The Labute approximate surface area is 339 Å². The topological polar surface area (TPSA) is 159 Å². The van der Waals surface area contributed by atoms with Crippen molar-refractivity contribution in [1.82, 2.24) is 0 Å². The first-order chi connectivity index (χ1) is 27.7. The highest BCUT2D eigenvalue weighted by molar-refractivity contribution is 5.82. The summed E-state index contributed by atoms with van der Waals surface area (Å²) in [5.74, 6) is -0.146. The lowest BCUT2D eigenvalue weighted by atomic mass is 10.1. The number of aliphatic hydroxyl groups is 2. The van der Waals surface area contributed by atoms with Crippen molar-refractivity contribution < 1.29 is 67.1 Å². The Balaban J connectivity index is 3.22. The van der Waals surface area contributed by atoms with E-state index < -0.39 is 6.10 Å². The van der Waals surface area contributed by atoms with Gasteiger partial charge in [0.1, 0.15) is 6.10 Å². The van der Waals surface area contributed by atoms with Crippen LogP contribution in [-0.2, 0) is 56.9 Å². The normalized spacial score (nSPS) is 12.3. The zero-order valence-corrected chi connectivity index (χ0v) is 35.2. The molecular formula is C42H82O14. The number of ketones is 1. The van der Waals surface area contributed by atoms with Gasteiger partial charge in [0.15, 0.2) is 5.78 Å². The highest BCUT2D eigenvalue weighted by Crippen LogP contribution is 2.11. The van der Waals surface area contributed by atoms with Crippen molar-refractivity contribution in [1.29, 1.82) is 0 Å². The lowest BCUT2D eigenvalue weighted by molar-refractivity contribution is -0.130. The summed E-state index contributed by atoms with van der Waals surface area (Å²) >= 11 is 0. The fourth-order valence-corrected chi connectivity index (χ4v) is 5.09. The number of unbranched alkanes of at least 4 members (excludes halogenated alkanes) is 11. The van der Waals surface area contributed by atoms with Gasteiger partial charge in [0.25, 0.3) is 0 Å². The smallest absolute Gasteiger partial charge is 0.163 e. The second kappa shape index (κ2) is 50.0. The van der Waals surface area contributed by atoms with Gasteiger partial charge in [-0.05, 0) is 32.1 Å². The van der Waals surface area contributed by atoms with E-state index in [0.717, 1.165) is 25.7 Å². The predicted octanol–water partition coefficient (Wildman–Crippen LogP) is 5.13. The molecule has 0 fully saturated rings. The monoisotopic (exact) mass is 811 g/mol. The molecule has 0 radical (unpaired) electrons. The molecule has 334 valence electrons. The van der Waals surface area contributed by atoms with Crippen molar-refractivity contribution in [2.45, 2.75) is 103 Å². The first-order valence-electron chi connectivity index (χ1n) is 21.5. The molecule has 0 aromatic heterocycles. The minimum absolute atomic E-state index is 0.00590. The highest BCUT2D eigenvalue weighted by Gasteiger charge is 2.14. The zero-order chi connectivity index (χ0) is 40.5. The first kappa shape index (κ1) is 54.9. The number of hydrogen-bond acceptors (Lipinski definition) is 14. The van der Waals surface area contributed by atoms with Gasteiger partial charge >= 0.3 is 0 Å². The van der Waals surface area contributed by atoms with Gasteiger partial charge in [-0.2, -0.15) is 0 Å². The molecule has 0 aromatic rings. The fraction of sp³-hybridized carbons (Fsp3) is 0.929. The van der Waals surface area contributed by atoms with Crippen LogP contribution in [0.3, 0.4) is 0 Å². The highest BCUT2D eigenvalue weighted by atomic mass is 16.6. The van der Waals surface area contributed by atoms with E-state index in [0.29, 0.717) is 145 Å². The minimum atomic E-state index is -1.07. The molecule has 0 spiro atoms. The number of carbonyl (C=O) groups is 1. The van der Waals surface area contributed by atoms with Gasteiger partial charge in [-0.1, -0.05) is 70.4 Å². The Morgan fingerprint density at radius 3 is 1.04 bits per heavy atom. The zero-order valence-electron chi connectivity index (χ0n) is 35.2. The van der Waals surface area contributed by atoms with E-state index in [4.69, 9.17) is 57.2 Å². The summed E-state index contributed by atoms with van der Waals surface area (Å²) in [6.45, 7) is 12.0. The Morgan fingerprint density at radius 1 is 0.411 bits per heavy atom. The summed E-state index contributed by atoms with van der Waals surface area (Å²) in [6, 6.07) is 0. The van der Waals surface area contributed by atoms with Crippen LogP contribution >= 0.6 is 0 Å². The number of carbonyl (C=O) groups excluding carboxylic acids is 1. The van der Waals surface area contributed by atoms with E-state index in [1.165, 1.54) is 57.8 Å². The SMILES string of the molecule is CCCCCCCC/C=C\CCCCCCCC(=O)C(O)COCCOCCOCCOCCOCCOCCOCCOCCOCCOCCOCCO. The molecule has 14 heteroatoms. The summed E-state index contributed by atoms with van der Waals surface area (Å²) in [5, 5.41) is 18.7. The fourth-order valence-electron chi connectivity index (χ4n) is 5.09. The molecule has 0 saturated carbocycles. The molecule has 1 unspecified atom stereocenters. The van der Waals surface area contributed by atoms with Crippen LogP contribution in [0.4, 0.5) is 0 Å². The van der Waals surface area contributed by atoms with Crippen LogP contribution < -0.4 is 0 Å². The number of rotatable bonds is 50. The molecule has 14 nitrogen and oxygen atoms in total. The maximum Gasteiger partial charge on any atom is 0.163 e. The molecule has 0 aliphatic rings. The Hall–Kier alpha value is -1.11. The van der Waals surface area contributed by atoms with E-state index >= 15 is 0 Å². The van der Waals surface area contributed by atoms with Crippen molar-refractivity contribution in [3.63, 3.8) is 0 Å². The van der Waals surface area contributed by atoms with Crippen molar-refractivity contribution >= 4 is 5.78 Å². The van der Waals surface area contributed by atoms with Crippen LogP contribution in [0.25, 0.3) is 0 Å². The van der Waals surface area contributed by atoms with Gasteiger partial charge in [0.05, 0.1) is 152 Å². The van der Waals surface area contributed by atoms with E-state index in [-0.39, 0.29) is 19.0 Å². The van der Waals surface area contributed by atoms with Gasteiger partial charge in [0, 0.05) is 6.42 Å². The van der Waals surface area contributed by atoms with Gasteiger partial charge in [-0.25, -0.2) is 0 Å². The molecule has 0 aromatic carbocycles. The van der Waals surface area contributed by atoms with E-state index in [2.05, 4.69) is 19.1 Å². The van der Waals surface area contributed by atoms with Crippen molar-refractivity contribution in [2.75, 3.05) is 152 Å². The van der Waals surface area contributed by atoms with Gasteiger partial charge < -0.3 is 62.3 Å². The van der Waals surface area contributed by atoms with Crippen LogP contribution in [0.15, 0.2) is 12.2 Å². The molecule has 0 saturated heterocycles. The number of ether oxygens (including phenoxy) is 11. The second-order valence-electron chi connectivity index (χ2n) is 13.2. The van der Waals surface area contributed by atoms with Gasteiger partial charge in [-0.15, -0.1) is 0 Å². The maximum absolute atomic E-state index is 12.2. The average molecular weight is 811 g/mol. The molecule has 56 heavy (non-hydrogen) atoms. The molecule has 0 aliphatic carbocycles. The number of allylic oxidation sites excluding steroid dienone is 2. The maximum atomic E-state index is 12.2. The van der Waals surface area contributed by atoms with Crippen molar-refractivity contribution in [3.05, 3.63) is 12.2 Å². The second-order valence-corrected chi connectivity index (χ2v) is 13.2. The third-order valence-electron chi connectivity index (χ3n) is 8.29. The average Bonchev–Trinajstić information content (AvgIpc) is 3.20. The van der Waals surface area contributed by atoms with Crippen molar-refractivity contribution in [2.24, 2.45) is 0 Å². The Morgan fingerprint density at radius 2 is 0.696 bits per heavy atom. The molecular weight excluding hydrogens is 728 g/mol. The lowest BCUT2D eigenvalue weighted by Gasteiger charge is -2.11. The quantitative estimate of drug-likeness (QED) is 0.0616. The molecule has 0 aliphatic heterocycles. The number of hydrogen-bond donors (Lipinski definition) is 2. The Bertz CT molecular complexity index is 776. The predicted molar refractivity (Wildman–Crippen MR) is 217 cm³/mol. The lowest BCUT2D eigenvalue weighted by Crippen LogP contribution is -2.26. The summed E-state index contributed by atoms with van der Waals surface area (Å²) in [7, 11) is 0. The molecule has 2 N–H and O–H groups in total. The minimum Gasteiger partial charge on any atom is -0.394 e. The van der Waals surface area contributed by atoms with Crippen LogP contribution in [0.2, 0.25) is 0 Å². The van der Waals surface area contributed by atoms with Crippen LogP contribution in [0, 0.1) is 0 Å². The standard InChI is InChI=1S/C42H82O14/c1-2-3-4-5-6-7-8-9-10-11-12-13-14-15-16-17-41(44)42(45)40-56-39-38-55-37-36-54-35-34-53-33-32-52-31-30-51-29-28-50-27-26-49-25-24-48-23-22-47-21-20-46-19-18-43/h9-10,42-43,45H,2-8,11-40H2,1H3/b10-9-. The molecule has 0 bridgehead atoms. The van der Waals surface area contributed by atoms with Crippen molar-refractivity contribution in [3.8, 4) is 0 Å². The molecule has 0 rings (SSSR count). The van der Waals surface area contributed by atoms with Crippen LogP contribution in [-0.4, -0.2) is 174 Å². The molecule has 0 heterocycles. The molecule has 1 atom stereocenters. The summed E-state index contributed by atoms with van der Waals surface area (Å²) in [5.41, 5.74) is 0. The largest absolute Gasteiger partial charge is 0.394 e. The summed E-state index contributed by atoms with van der Waals surface area (Å²) in [6.07, 6.45) is 19.8. The third-order valence-corrected chi connectivity index (χ3v) is 8.29. The number of aliphatic hydroxyl groups excluding tert-OH is 2. The van der Waals surface area contributed by atoms with Gasteiger partial charge in [0.2, 0.25) is 0 Å². The van der Waals surface area contributed by atoms with E-state index in [9.17, 15) is 9.90 Å². The third kappa shape index (κ3) is 47.3. The van der Waals surface area contributed by atoms with E-state index in [1.807, 2.05) is 0 Å². The van der Waals surface area contributed by atoms with E-state index in [1.54, 1.807) is 0 Å². The Kier molecular flexibility index (Phi) is 49.0. The first-order valence-corrected chi connectivity index (χ1v) is 21.5. The van der Waals surface area contributed by atoms with Crippen LogP contribution in [0.5, 0.6) is 0 Å². The number of Topliss-reactive ketones (excluding diaryl/α,β-unsaturated/α-hetero) is 1. The molecule has 0 amide bonds. The van der Waals surface area contributed by atoms with Gasteiger partial charge in [-0.3, -0.25) is 4.79 Å². The summed E-state index contributed by atoms with van der Waals surface area (Å²) in [4.78, 5) is 12.2. The van der Waals surface area contributed by atoms with Crippen LogP contribution in [0.1, 0.15) is 96.8 Å². The summed E-state index contributed by atoms with van der Waals surface area (Å²) < 4.78 is 59.6.